The van der Waals surface area contributed by atoms with Crippen molar-refractivity contribution < 1.29 is 38.1 Å². The lowest BCUT2D eigenvalue weighted by Crippen LogP contribution is -2.43. The maximum atomic E-state index is 13.1. The highest BCUT2D eigenvalue weighted by atomic mass is 16.6. The molecule has 1 saturated heterocycles. The van der Waals surface area contributed by atoms with Crippen LogP contribution in [-0.4, -0.2) is 55.5 Å². The van der Waals surface area contributed by atoms with Crippen LogP contribution in [0, 0.1) is 0 Å². The van der Waals surface area contributed by atoms with Gasteiger partial charge in [0.05, 0.1) is 26.4 Å². The smallest absolute Gasteiger partial charge is 0.344 e. The molecule has 2 heterocycles. The highest BCUT2D eigenvalue weighted by Crippen LogP contribution is 2.45. The summed E-state index contributed by atoms with van der Waals surface area (Å²) in [7, 11) is 2.85. The van der Waals surface area contributed by atoms with E-state index in [-0.39, 0.29) is 36.7 Å². The van der Waals surface area contributed by atoms with E-state index in [4.69, 9.17) is 18.9 Å². The summed E-state index contributed by atoms with van der Waals surface area (Å²) in [4.78, 5) is 51.9. The van der Waals surface area contributed by atoms with E-state index in [2.05, 4.69) is 5.32 Å². The molecule has 0 saturated carbocycles. The molecule has 2 atom stereocenters. The molecule has 10 nitrogen and oxygen atoms in total. The van der Waals surface area contributed by atoms with Gasteiger partial charge in [0.15, 0.2) is 11.5 Å². The second-order valence-corrected chi connectivity index (χ2v) is 7.67. The Morgan fingerprint density at radius 3 is 2.65 bits per heavy atom. The second kappa shape index (κ2) is 9.42. The van der Waals surface area contributed by atoms with Gasteiger partial charge in [-0.3, -0.25) is 14.5 Å². The number of ether oxygens (including phenoxy) is 4. The van der Waals surface area contributed by atoms with Gasteiger partial charge in [0.2, 0.25) is 18.0 Å². The Morgan fingerprint density at radius 2 is 1.94 bits per heavy atom. The van der Waals surface area contributed by atoms with Crippen molar-refractivity contribution in [2.24, 2.45) is 0 Å². The van der Waals surface area contributed by atoms with E-state index in [9.17, 15) is 19.2 Å². The van der Waals surface area contributed by atoms with E-state index in [1.165, 1.54) is 25.2 Å². The molecule has 0 bridgehead atoms. The number of esters is 2. The molecule has 2 unspecified atom stereocenters. The number of amides is 2. The number of nitrogens with zero attached hydrogens (tertiary/aromatic N) is 1. The lowest BCUT2D eigenvalue weighted by Gasteiger charge is -2.29. The molecule has 2 aliphatic heterocycles. The lowest BCUT2D eigenvalue weighted by atomic mass is 10.0. The van der Waals surface area contributed by atoms with Crippen LogP contribution < -0.4 is 14.8 Å². The zero-order valence-electron chi connectivity index (χ0n) is 19.0. The van der Waals surface area contributed by atoms with Crippen LogP contribution in [-0.2, 0) is 19.1 Å². The molecule has 10 heteroatoms. The van der Waals surface area contributed by atoms with Gasteiger partial charge in [-0.05, 0) is 43.7 Å². The molecule has 0 aliphatic carbocycles. The molecule has 0 aromatic heterocycles. The first-order chi connectivity index (χ1) is 16.4. The maximum absolute atomic E-state index is 13.1. The highest BCUT2D eigenvalue weighted by Gasteiger charge is 2.47. The summed E-state index contributed by atoms with van der Waals surface area (Å²) in [6.07, 6.45) is -0.699. The Morgan fingerprint density at radius 1 is 1.15 bits per heavy atom. The normalized spacial score (nSPS) is 18.9. The first-order valence-electron chi connectivity index (χ1n) is 10.7. The molecular weight excluding hydrogens is 444 g/mol. The van der Waals surface area contributed by atoms with Crippen LogP contribution in [0.4, 0.5) is 5.69 Å². The minimum atomic E-state index is -1.07. The van der Waals surface area contributed by atoms with Gasteiger partial charge in [-0.15, -0.1) is 0 Å². The predicted molar refractivity (Wildman–Crippen MR) is 119 cm³/mol. The standard InChI is InChI=1S/C24H24N2O8/c1-4-33-23(29)13-6-5-7-14(12-13)25-21(28)16-9-11-18(27)26(16)22-15-8-10-17(31-2)20(32-3)19(15)24(30)34-22/h5-8,10,12,16,22H,4,9,11H2,1-3H3,(H,25,28). The number of hydrogen-bond acceptors (Lipinski definition) is 8. The zero-order valence-corrected chi connectivity index (χ0v) is 19.0. The van der Waals surface area contributed by atoms with Gasteiger partial charge in [0.25, 0.3) is 0 Å². The Bertz CT molecular complexity index is 1160. The average Bonchev–Trinajstić information content (AvgIpc) is 3.38. The molecule has 34 heavy (non-hydrogen) atoms. The molecule has 0 spiro atoms. The number of rotatable bonds is 7. The van der Waals surface area contributed by atoms with Crippen LogP contribution in [0.2, 0.25) is 0 Å². The van der Waals surface area contributed by atoms with Crippen molar-refractivity contribution in [3.63, 3.8) is 0 Å². The van der Waals surface area contributed by atoms with Crippen LogP contribution >= 0.6 is 0 Å². The van der Waals surface area contributed by atoms with Crippen molar-refractivity contribution in [1.29, 1.82) is 0 Å². The molecule has 1 N–H and O–H groups in total. The molecule has 178 valence electrons. The third kappa shape index (κ3) is 4.02. The summed E-state index contributed by atoms with van der Waals surface area (Å²) in [5.74, 6) is -1.40. The topological polar surface area (TPSA) is 120 Å². The number of benzene rings is 2. The minimum absolute atomic E-state index is 0.123. The zero-order chi connectivity index (χ0) is 24.4. The van der Waals surface area contributed by atoms with Crippen LogP contribution in [0.25, 0.3) is 0 Å². The highest BCUT2D eigenvalue weighted by molar-refractivity contribution is 6.02. The number of nitrogens with one attached hydrogen (secondary N) is 1. The molecule has 2 aromatic rings. The van der Waals surface area contributed by atoms with E-state index in [1.54, 1.807) is 37.3 Å². The summed E-state index contributed by atoms with van der Waals surface area (Å²) < 4.78 is 21.1. The second-order valence-electron chi connectivity index (χ2n) is 7.67. The van der Waals surface area contributed by atoms with Crippen LogP contribution in [0.15, 0.2) is 36.4 Å². The molecular formula is C24H24N2O8. The number of hydrogen-bond donors (Lipinski definition) is 1. The monoisotopic (exact) mass is 468 g/mol. The fraction of sp³-hybridized carbons (Fsp3) is 0.333. The molecule has 2 aliphatic rings. The molecule has 1 fully saturated rings. The Kier molecular flexibility index (Phi) is 6.40. The van der Waals surface area contributed by atoms with E-state index >= 15 is 0 Å². The SMILES string of the molecule is CCOC(=O)c1cccc(NC(=O)C2CCC(=O)N2C2OC(=O)c3c2ccc(OC)c3OC)c1. The van der Waals surface area contributed by atoms with Crippen molar-refractivity contribution in [3.8, 4) is 11.5 Å². The third-order valence-corrected chi connectivity index (χ3v) is 5.72. The summed E-state index contributed by atoms with van der Waals surface area (Å²) in [5, 5.41) is 2.75. The number of fused-ring (bicyclic) bond motifs is 1. The van der Waals surface area contributed by atoms with Gasteiger partial charge < -0.3 is 24.3 Å². The molecule has 2 amide bonds. The van der Waals surface area contributed by atoms with E-state index in [1.807, 2.05) is 0 Å². The summed E-state index contributed by atoms with van der Waals surface area (Å²) >= 11 is 0. The Hall–Kier alpha value is -4.08. The maximum Gasteiger partial charge on any atom is 0.344 e. The van der Waals surface area contributed by atoms with E-state index in [0.29, 0.717) is 22.6 Å². The molecule has 2 aromatic carbocycles. The fourth-order valence-corrected chi connectivity index (χ4v) is 4.21. The van der Waals surface area contributed by atoms with Gasteiger partial charge in [-0.2, -0.15) is 0 Å². The number of cyclic esters (lactones) is 1. The number of likely N-dealkylation sites (tertiary alicyclic amines) is 1. The Balaban J connectivity index is 1.60. The van der Waals surface area contributed by atoms with E-state index < -0.39 is 30.1 Å². The number of anilines is 1. The lowest BCUT2D eigenvalue weighted by molar-refractivity contribution is -0.144. The van der Waals surface area contributed by atoms with Crippen molar-refractivity contribution in [1.82, 2.24) is 4.90 Å². The largest absolute Gasteiger partial charge is 0.493 e. The molecule has 0 radical (unpaired) electrons. The number of carbonyl (C=O) groups excluding carboxylic acids is 4. The van der Waals surface area contributed by atoms with Crippen molar-refractivity contribution >= 4 is 29.4 Å². The number of carbonyl (C=O) groups is 4. The molecule has 4 rings (SSSR count). The first kappa shape index (κ1) is 23.1. The van der Waals surface area contributed by atoms with Gasteiger partial charge in [0.1, 0.15) is 11.6 Å². The summed E-state index contributed by atoms with van der Waals surface area (Å²) in [6.45, 7) is 1.93. The van der Waals surface area contributed by atoms with Gasteiger partial charge >= 0.3 is 11.9 Å². The fourth-order valence-electron chi connectivity index (χ4n) is 4.21. The quantitative estimate of drug-likeness (QED) is 0.616. The van der Waals surface area contributed by atoms with Crippen LogP contribution in [0.3, 0.4) is 0 Å². The van der Waals surface area contributed by atoms with Crippen LogP contribution in [0.1, 0.15) is 52.3 Å². The summed E-state index contributed by atoms with van der Waals surface area (Å²) in [5.41, 5.74) is 1.25. The van der Waals surface area contributed by atoms with Crippen LogP contribution in [0.5, 0.6) is 11.5 Å². The van der Waals surface area contributed by atoms with Crippen molar-refractivity contribution in [2.75, 3.05) is 26.1 Å². The minimum Gasteiger partial charge on any atom is -0.493 e. The van der Waals surface area contributed by atoms with Gasteiger partial charge in [0, 0.05) is 17.7 Å². The predicted octanol–water partition coefficient (Wildman–Crippen LogP) is 2.68. The van der Waals surface area contributed by atoms with Gasteiger partial charge in [-0.1, -0.05) is 6.07 Å². The van der Waals surface area contributed by atoms with Crippen molar-refractivity contribution in [2.45, 2.75) is 32.0 Å². The average molecular weight is 468 g/mol. The third-order valence-electron chi connectivity index (χ3n) is 5.72. The summed E-state index contributed by atoms with van der Waals surface area (Å²) in [6, 6.07) is 8.68. The van der Waals surface area contributed by atoms with E-state index in [0.717, 1.165) is 0 Å². The first-order valence-corrected chi connectivity index (χ1v) is 10.7. The number of methoxy groups -OCH3 is 2. The van der Waals surface area contributed by atoms with Crippen molar-refractivity contribution in [3.05, 3.63) is 53.1 Å². The van der Waals surface area contributed by atoms with Gasteiger partial charge in [-0.25, -0.2) is 9.59 Å². The Labute approximate surface area is 195 Å².